The quantitative estimate of drug-likeness (QED) is 0.462. The van der Waals surface area contributed by atoms with E-state index < -0.39 is 36.0 Å². The summed E-state index contributed by atoms with van der Waals surface area (Å²) in [4.78, 5) is 23.9. The molecule has 1 rings (SSSR count). The molecule has 8 nitrogen and oxygen atoms in total. The summed E-state index contributed by atoms with van der Waals surface area (Å²) in [6.07, 6.45) is -1.54. The molecule has 0 aliphatic rings. The maximum atomic E-state index is 12.1. The van der Waals surface area contributed by atoms with Crippen molar-refractivity contribution in [3.8, 4) is 11.5 Å². The van der Waals surface area contributed by atoms with E-state index in [1.54, 1.807) is 33.8 Å². The monoisotopic (exact) mass is 383 g/mol. The highest BCUT2D eigenvalue weighted by atomic mass is 16.7. The SMILES string of the molecule is CCC(C)(C)OC(=O)O[C@@H](C)[C@@H](C)OC(=O)[C@@H](N)Cc1ccc(O)c(O)c1. The van der Waals surface area contributed by atoms with E-state index in [0.717, 1.165) is 0 Å². The predicted molar refractivity (Wildman–Crippen MR) is 98.4 cm³/mol. The van der Waals surface area contributed by atoms with Crippen molar-refractivity contribution in [1.29, 1.82) is 0 Å². The van der Waals surface area contributed by atoms with Crippen LogP contribution in [0.15, 0.2) is 18.2 Å². The predicted octanol–water partition coefficient (Wildman–Crippen LogP) is 2.63. The molecule has 27 heavy (non-hydrogen) atoms. The van der Waals surface area contributed by atoms with Gasteiger partial charge in [-0.15, -0.1) is 0 Å². The third kappa shape index (κ3) is 7.34. The smallest absolute Gasteiger partial charge is 0.504 e. The van der Waals surface area contributed by atoms with Gasteiger partial charge in [-0.1, -0.05) is 13.0 Å². The molecular formula is C19H29NO7. The molecule has 3 atom stereocenters. The van der Waals surface area contributed by atoms with E-state index in [1.807, 2.05) is 6.92 Å². The molecule has 0 unspecified atom stereocenters. The molecular weight excluding hydrogens is 354 g/mol. The Bertz CT molecular complexity index is 659. The molecule has 152 valence electrons. The molecule has 0 saturated carbocycles. The highest BCUT2D eigenvalue weighted by molar-refractivity contribution is 5.76. The topological polar surface area (TPSA) is 128 Å². The first-order valence-electron chi connectivity index (χ1n) is 8.81. The molecule has 1 aromatic rings. The van der Waals surface area contributed by atoms with Gasteiger partial charge in [0.1, 0.15) is 23.9 Å². The fourth-order valence-corrected chi connectivity index (χ4v) is 1.97. The number of benzene rings is 1. The number of hydrogen-bond donors (Lipinski definition) is 3. The summed E-state index contributed by atoms with van der Waals surface area (Å²) in [5.41, 5.74) is 5.76. The van der Waals surface area contributed by atoms with Gasteiger partial charge >= 0.3 is 12.1 Å². The summed E-state index contributed by atoms with van der Waals surface area (Å²) in [6, 6.07) is 3.20. The van der Waals surface area contributed by atoms with Gasteiger partial charge in [-0.25, -0.2) is 4.79 Å². The van der Waals surface area contributed by atoms with E-state index >= 15 is 0 Å². The van der Waals surface area contributed by atoms with Crippen molar-refractivity contribution >= 4 is 12.1 Å². The molecule has 8 heteroatoms. The van der Waals surface area contributed by atoms with Crippen molar-refractivity contribution in [2.75, 3.05) is 0 Å². The Kier molecular flexibility index (Phi) is 7.90. The lowest BCUT2D eigenvalue weighted by atomic mass is 10.1. The van der Waals surface area contributed by atoms with Gasteiger partial charge in [0, 0.05) is 0 Å². The fraction of sp³-hybridized carbons (Fsp3) is 0.579. The lowest BCUT2D eigenvalue weighted by Gasteiger charge is -2.26. The lowest BCUT2D eigenvalue weighted by Crippen LogP contribution is -2.40. The van der Waals surface area contributed by atoms with Crippen molar-refractivity contribution in [3.05, 3.63) is 23.8 Å². The van der Waals surface area contributed by atoms with Crippen LogP contribution in [0.1, 0.15) is 46.6 Å². The average Bonchev–Trinajstić information content (AvgIpc) is 2.57. The van der Waals surface area contributed by atoms with Gasteiger partial charge < -0.3 is 30.2 Å². The first-order valence-corrected chi connectivity index (χ1v) is 8.81. The van der Waals surface area contributed by atoms with Crippen LogP contribution in [-0.4, -0.2) is 46.2 Å². The molecule has 0 radical (unpaired) electrons. The molecule has 0 fully saturated rings. The van der Waals surface area contributed by atoms with Gasteiger partial charge in [-0.2, -0.15) is 0 Å². The van der Waals surface area contributed by atoms with E-state index in [4.69, 9.17) is 19.9 Å². The summed E-state index contributed by atoms with van der Waals surface area (Å²) in [5.74, 6) is -1.22. The Morgan fingerprint density at radius 2 is 1.70 bits per heavy atom. The van der Waals surface area contributed by atoms with Crippen molar-refractivity contribution < 1.29 is 34.0 Å². The molecule has 0 aliphatic heterocycles. The standard InChI is InChI=1S/C19H29NO7/c1-6-19(4,5)27-18(24)26-12(3)11(2)25-17(23)14(20)9-13-7-8-15(21)16(22)10-13/h7-8,10-12,14,21-22H,6,9,20H2,1-5H3/t11-,12+,14+/m1/s1. The second kappa shape index (κ2) is 9.45. The third-order valence-electron chi connectivity index (χ3n) is 4.25. The molecule has 0 amide bonds. The van der Waals surface area contributed by atoms with Crippen LogP contribution in [0.3, 0.4) is 0 Å². The number of phenolic OH excluding ortho intramolecular Hbond substituents is 2. The number of ether oxygens (including phenoxy) is 3. The number of nitrogens with two attached hydrogens (primary N) is 1. The maximum Gasteiger partial charge on any atom is 0.509 e. The van der Waals surface area contributed by atoms with E-state index in [1.165, 1.54) is 12.1 Å². The van der Waals surface area contributed by atoms with Crippen molar-refractivity contribution in [2.24, 2.45) is 5.73 Å². The van der Waals surface area contributed by atoms with Crippen LogP contribution in [0, 0.1) is 0 Å². The Morgan fingerprint density at radius 3 is 2.26 bits per heavy atom. The van der Waals surface area contributed by atoms with Crippen LogP contribution in [0.5, 0.6) is 11.5 Å². The minimum absolute atomic E-state index is 0.112. The highest BCUT2D eigenvalue weighted by Crippen LogP contribution is 2.25. The van der Waals surface area contributed by atoms with Gasteiger partial charge in [0.25, 0.3) is 0 Å². The Hall–Kier alpha value is -2.48. The molecule has 0 bridgehead atoms. The van der Waals surface area contributed by atoms with Crippen LogP contribution in [-0.2, 0) is 25.4 Å². The van der Waals surface area contributed by atoms with Gasteiger partial charge in [0.2, 0.25) is 0 Å². The highest BCUT2D eigenvalue weighted by Gasteiger charge is 2.27. The summed E-state index contributed by atoms with van der Waals surface area (Å²) in [7, 11) is 0. The van der Waals surface area contributed by atoms with Gasteiger partial charge in [0.05, 0.1) is 0 Å². The minimum atomic E-state index is -0.977. The van der Waals surface area contributed by atoms with Gasteiger partial charge in [0.15, 0.2) is 11.5 Å². The van der Waals surface area contributed by atoms with Crippen LogP contribution >= 0.6 is 0 Å². The number of rotatable bonds is 8. The van der Waals surface area contributed by atoms with E-state index in [9.17, 15) is 19.8 Å². The Balaban J connectivity index is 2.54. The summed E-state index contributed by atoms with van der Waals surface area (Å²) < 4.78 is 15.6. The number of carbonyl (C=O) groups excluding carboxylic acids is 2. The zero-order valence-electron chi connectivity index (χ0n) is 16.4. The minimum Gasteiger partial charge on any atom is -0.504 e. The molecule has 0 saturated heterocycles. The zero-order valence-corrected chi connectivity index (χ0v) is 16.4. The van der Waals surface area contributed by atoms with E-state index in [-0.39, 0.29) is 17.9 Å². The normalized spacial score (nSPS) is 14.7. The Labute approximate surface area is 159 Å². The van der Waals surface area contributed by atoms with Crippen molar-refractivity contribution in [2.45, 2.75) is 71.3 Å². The average molecular weight is 383 g/mol. The largest absolute Gasteiger partial charge is 0.509 e. The number of esters is 1. The lowest BCUT2D eigenvalue weighted by molar-refractivity contribution is -0.156. The van der Waals surface area contributed by atoms with E-state index in [0.29, 0.717) is 12.0 Å². The second-order valence-corrected chi connectivity index (χ2v) is 7.06. The number of aromatic hydroxyl groups is 2. The van der Waals surface area contributed by atoms with Gasteiger partial charge in [-0.3, -0.25) is 4.79 Å². The third-order valence-corrected chi connectivity index (χ3v) is 4.25. The summed E-state index contributed by atoms with van der Waals surface area (Å²) in [5, 5.41) is 18.8. The van der Waals surface area contributed by atoms with Crippen molar-refractivity contribution in [3.63, 3.8) is 0 Å². The number of phenols is 2. The van der Waals surface area contributed by atoms with Crippen LogP contribution in [0.4, 0.5) is 4.79 Å². The second-order valence-electron chi connectivity index (χ2n) is 7.06. The van der Waals surface area contributed by atoms with Crippen LogP contribution in [0.2, 0.25) is 0 Å². The summed E-state index contributed by atoms with van der Waals surface area (Å²) >= 11 is 0. The van der Waals surface area contributed by atoms with Crippen LogP contribution in [0.25, 0.3) is 0 Å². The number of hydrogen-bond acceptors (Lipinski definition) is 8. The Morgan fingerprint density at radius 1 is 1.11 bits per heavy atom. The molecule has 0 heterocycles. The molecule has 0 aliphatic carbocycles. The van der Waals surface area contributed by atoms with E-state index in [2.05, 4.69) is 0 Å². The molecule has 0 spiro atoms. The molecule has 1 aromatic carbocycles. The molecule has 0 aromatic heterocycles. The zero-order chi connectivity index (χ0) is 20.8. The van der Waals surface area contributed by atoms with Crippen molar-refractivity contribution in [1.82, 2.24) is 0 Å². The first kappa shape index (κ1) is 22.6. The summed E-state index contributed by atoms with van der Waals surface area (Å²) in [6.45, 7) is 8.59. The number of carbonyl (C=O) groups is 2. The first-order chi connectivity index (χ1) is 12.4. The fourth-order valence-electron chi connectivity index (χ4n) is 1.97. The molecule has 4 N–H and O–H groups in total. The van der Waals surface area contributed by atoms with Gasteiger partial charge in [-0.05, 0) is 58.2 Å². The maximum absolute atomic E-state index is 12.1. The van der Waals surface area contributed by atoms with Crippen LogP contribution < -0.4 is 5.73 Å².